The zero-order chi connectivity index (χ0) is 45.6. The maximum atomic E-state index is 12.8. The molecule has 356 valence electrons. The van der Waals surface area contributed by atoms with Crippen molar-refractivity contribution in [1.82, 2.24) is 0 Å². The van der Waals surface area contributed by atoms with Crippen molar-refractivity contribution in [3.8, 4) is 0 Å². The molecule has 0 amide bonds. The highest BCUT2D eigenvalue weighted by Crippen LogP contribution is 2.15. The zero-order valence-corrected chi connectivity index (χ0v) is 40.6. The summed E-state index contributed by atoms with van der Waals surface area (Å²) in [6.07, 6.45) is 56.7. The number of allylic oxidation sites excluding steroid dienone is 12. The molecule has 0 aliphatic heterocycles. The smallest absolute Gasteiger partial charge is 0.362 e. The van der Waals surface area contributed by atoms with E-state index in [0.717, 1.165) is 77.0 Å². The molecule has 1 N–H and O–H groups in total. The summed E-state index contributed by atoms with van der Waals surface area (Å²) in [6, 6.07) is -0.620. The van der Waals surface area contributed by atoms with Gasteiger partial charge in [-0.2, -0.15) is 0 Å². The Labute approximate surface area is 381 Å². The minimum atomic E-state index is -0.879. The normalized spacial score (nSPS) is 13.5. The van der Waals surface area contributed by atoms with Gasteiger partial charge in [-0.05, 0) is 64.2 Å². The van der Waals surface area contributed by atoms with Gasteiger partial charge in [-0.1, -0.05) is 189 Å². The lowest BCUT2D eigenvalue weighted by atomic mass is 10.0. The zero-order valence-electron chi connectivity index (χ0n) is 40.6. The van der Waals surface area contributed by atoms with E-state index in [-0.39, 0.29) is 36.2 Å². The molecule has 0 saturated carbocycles. The molecule has 0 aliphatic carbocycles. The number of rotatable bonds is 44. The van der Waals surface area contributed by atoms with E-state index in [1.165, 1.54) is 89.9 Å². The van der Waals surface area contributed by atoms with Gasteiger partial charge in [0.15, 0.2) is 12.1 Å². The Balaban J connectivity index is 4.21. The van der Waals surface area contributed by atoms with E-state index in [0.29, 0.717) is 19.3 Å². The molecular weight excluding hydrogens is 775 g/mol. The van der Waals surface area contributed by atoms with Crippen LogP contribution in [0.2, 0.25) is 0 Å². The molecule has 0 fully saturated rings. The van der Waals surface area contributed by atoms with Crippen LogP contribution < -0.4 is 0 Å². The third-order valence-electron chi connectivity index (χ3n) is 10.9. The van der Waals surface area contributed by atoms with Crippen molar-refractivity contribution in [2.24, 2.45) is 0 Å². The predicted octanol–water partition coefficient (Wildman–Crippen LogP) is 14.3. The lowest BCUT2D eigenvalue weighted by molar-refractivity contribution is -0.887. The van der Waals surface area contributed by atoms with Crippen LogP contribution >= 0.6 is 0 Å². The Morgan fingerprint density at radius 2 is 0.935 bits per heavy atom. The molecule has 0 aromatic carbocycles. The van der Waals surface area contributed by atoms with Gasteiger partial charge in [-0.3, -0.25) is 9.59 Å². The van der Waals surface area contributed by atoms with E-state index in [9.17, 15) is 19.5 Å². The number of nitrogens with zero attached hydrogens (tertiary/aromatic N) is 1. The average Bonchev–Trinajstić information content (AvgIpc) is 3.23. The van der Waals surface area contributed by atoms with Crippen LogP contribution in [0.5, 0.6) is 0 Å². The number of hydrogen-bond acceptors (Lipinski definition) is 6. The van der Waals surface area contributed by atoms with Crippen molar-refractivity contribution >= 4 is 17.9 Å². The first-order valence-corrected chi connectivity index (χ1v) is 25.0. The van der Waals surface area contributed by atoms with Crippen molar-refractivity contribution < 1.29 is 38.2 Å². The van der Waals surface area contributed by atoms with E-state index < -0.39 is 18.1 Å². The Hall–Kier alpha value is -3.23. The van der Waals surface area contributed by atoms with Gasteiger partial charge < -0.3 is 23.8 Å². The summed E-state index contributed by atoms with van der Waals surface area (Å²) in [5.41, 5.74) is 0. The third kappa shape index (κ3) is 42.1. The number of esters is 2. The molecule has 0 rings (SSSR count). The van der Waals surface area contributed by atoms with Crippen molar-refractivity contribution in [2.45, 2.75) is 212 Å². The minimum Gasteiger partial charge on any atom is -0.477 e. The highest BCUT2D eigenvalue weighted by atomic mass is 16.6. The van der Waals surface area contributed by atoms with Gasteiger partial charge in [0.2, 0.25) is 0 Å². The Kier molecular flexibility index (Phi) is 42.1. The number of carboxylic acids is 1. The topological polar surface area (TPSA) is 99.1 Å². The molecule has 0 spiro atoms. The maximum absolute atomic E-state index is 12.8. The first kappa shape index (κ1) is 58.8. The number of likely N-dealkylation sites (N-methyl/N-ethyl adjacent to an activating group) is 1. The lowest BCUT2D eigenvalue weighted by Crippen LogP contribution is -2.50. The van der Waals surface area contributed by atoms with Crippen LogP contribution in [0.15, 0.2) is 72.9 Å². The molecule has 0 aromatic heterocycles. The van der Waals surface area contributed by atoms with Crippen molar-refractivity contribution in [2.75, 3.05) is 41.0 Å². The Morgan fingerprint density at radius 1 is 0.500 bits per heavy atom. The molecule has 2 atom stereocenters. The fourth-order valence-corrected chi connectivity index (χ4v) is 7.11. The van der Waals surface area contributed by atoms with Crippen LogP contribution in [0.1, 0.15) is 200 Å². The molecule has 0 radical (unpaired) electrons. The first-order valence-electron chi connectivity index (χ1n) is 25.0. The average molecular weight is 869 g/mol. The van der Waals surface area contributed by atoms with Crippen LogP contribution in [0, 0.1) is 0 Å². The van der Waals surface area contributed by atoms with Gasteiger partial charge in [0.25, 0.3) is 0 Å². The van der Waals surface area contributed by atoms with Gasteiger partial charge in [-0.15, -0.1) is 0 Å². The number of ether oxygens (including phenoxy) is 3. The molecule has 62 heavy (non-hydrogen) atoms. The molecule has 8 nitrogen and oxygen atoms in total. The third-order valence-corrected chi connectivity index (χ3v) is 10.9. The standard InChI is InChI=1S/C54H93NO7/c1-6-8-10-12-14-16-18-20-22-23-24-25-26-27-28-29-31-32-34-36-38-40-42-44-52(56)61-49-50(48-60-47-46-51(54(58)59)55(3,4)5)62-53(57)45-43-41-39-37-35-33-30-21-19-17-15-13-11-9-7-2/h8-11,13-17,19-20,22,50-51H,6-7,12,18,21,23-49H2,1-5H3/p+1/b10-8+,11-9+,15-13+,16-14+,19-17+,22-20+. The van der Waals surface area contributed by atoms with Crippen molar-refractivity contribution in [3.05, 3.63) is 72.9 Å². The fourth-order valence-electron chi connectivity index (χ4n) is 7.11. The van der Waals surface area contributed by atoms with E-state index in [2.05, 4.69) is 86.8 Å². The van der Waals surface area contributed by atoms with Crippen LogP contribution in [0.25, 0.3) is 0 Å². The summed E-state index contributed by atoms with van der Waals surface area (Å²) in [4.78, 5) is 37.1. The van der Waals surface area contributed by atoms with E-state index in [1.807, 2.05) is 21.1 Å². The number of carboxylic acid groups (broad SMARTS) is 1. The molecule has 0 aromatic rings. The lowest BCUT2D eigenvalue weighted by Gasteiger charge is -2.31. The molecule has 0 saturated heterocycles. The predicted molar refractivity (Wildman–Crippen MR) is 261 cm³/mol. The largest absolute Gasteiger partial charge is 0.477 e. The number of carbonyl (C=O) groups is 3. The van der Waals surface area contributed by atoms with Gasteiger partial charge in [0, 0.05) is 19.3 Å². The van der Waals surface area contributed by atoms with E-state index in [1.54, 1.807) is 0 Å². The summed E-state index contributed by atoms with van der Waals surface area (Å²) < 4.78 is 17.3. The molecule has 2 unspecified atom stereocenters. The van der Waals surface area contributed by atoms with Crippen LogP contribution in [-0.2, 0) is 28.6 Å². The molecule has 8 heteroatoms. The summed E-state index contributed by atoms with van der Waals surface area (Å²) >= 11 is 0. The number of unbranched alkanes of at least 4 members (excludes halogenated alkanes) is 20. The van der Waals surface area contributed by atoms with Crippen LogP contribution in [0.3, 0.4) is 0 Å². The summed E-state index contributed by atoms with van der Waals surface area (Å²) in [7, 11) is 5.52. The Bertz CT molecular complexity index is 1240. The SMILES string of the molecule is CC/C=C/C=C/C=C/CCCCCCCCCC(=O)OC(COCCC(C(=O)O)[N+](C)(C)C)COC(=O)CCCCCCCCCCCCCCC/C=C/C/C=C/C/C=C/CC. The fraction of sp³-hybridized carbons (Fsp3) is 0.722. The number of carbonyl (C=O) groups excluding carboxylic acids is 2. The summed E-state index contributed by atoms with van der Waals surface area (Å²) in [5.74, 6) is -1.48. The van der Waals surface area contributed by atoms with Crippen molar-refractivity contribution in [3.63, 3.8) is 0 Å². The Morgan fingerprint density at radius 3 is 1.44 bits per heavy atom. The van der Waals surface area contributed by atoms with Crippen LogP contribution in [-0.4, -0.2) is 80.6 Å². The molecule has 0 heterocycles. The number of quaternary nitrogens is 1. The van der Waals surface area contributed by atoms with Crippen molar-refractivity contribution in [1.29, 1.82) is 0 Å². The summed E-state index contributed by atoms with van der Waals surface area (Å²) in [5, 5.41) is 9.64. The van der Waals surface area contributed by atoms with Crippen LogP contribution in [0.4, 0.5) is 0 Å². The molecule has 0 bridgehead atoms. The van der Waals surface area contributed by atoms with E-state index in [4.69, 9.17) is 14.2 Å². The van der Waals surface area contributed by atoms with Gasteiger partial charge >= 0.3 is 17.9 Å². The second kappa shape index (κ2) is 44.4. The second-order valence-electron chi connectivity index (χ2n) is 17.7. The van der Waals surface area contributed by atoms with Gasteiger partial charge in [-0.25, -0.2) is 4.79 Å². The molecular formula is C54H94NO7+. The molecule has 0 aliphatic rings. The number of aliphatic carboxylic acids is 1. The number of hydrogen-bond donors (Lipinski definition) is 1. The van der Waals surface area contributed by atoms with Gasteiger partial charge in [0.1, 0.15) is 6.61 Å². The maximum Gasteiger partial charge on any atom is 0.362 e. The quantitative estimate of drug-likeness (QED) is 0.0214. The van der Waals surface area contributed by atoms with Gasteiger partial charge in [0.05, 0.1) is 34.4 Å². The minimum absolute atomic E-state index is 0.0537. The monoisotopic (exact) mass is 869 g/mol. The highest BCUT2D eigenvalue weighted by Gasteiger charge is 2.31. The van der Waals surface area contributed by atoms with E-state index >= 15 is 0 Å². The second-order valence-corrected chi connectivity index (χ2v) is 17.7. The highest BCUT2D eigenvalue weighted by molar-refractivity contribution is 5.72. The summed E-state index contributed by atoms with van der Waals surface area (Å²) in [6.45, 7) is 4.49. The first-order chi connectivity index (χ1) is 30.1.